The molecule has 0 radical (unpaired) electrons. The van der Waals surface area contributed by atoms with Gasteiger partial charge in [-0.25, -0.2) is 4.98 Å². The number of carbonyl (C=O) groups excluding carboxylic acids is 2. The molecule has 15 heteroatoms. The van der Waals surface area contributed by atoms with E-state index in [4.69, 9.17) is 36.7 Å². The summed E-state index contributed by atoms with van der Waals surface area (Å²) in [5, 5.41) is 15.6. The molecule has 0 saturated carbocycles. The van der Waals surface area contributed by atoms with E-state index in [1.807, 2.05) is 0 Å². The van der Waals surface area contributed by atoms with Crippen LogP contribution in [0, 0.1) is 5.41 Å². The van der Waals surface area contributed by atoms with E-state index in [9.17, 15) is 9.59 Å². The van der Waals surface area contributed by atoms with Crippen molar-refractivity contribution in [2.75, 3.05) is 24.7 Å². The number of hydrogen-bond acceptors (Lipinski definition) is 12. The first-order valence-electron chi connectivity index (χ1n) is 9.46. The highest BCUT2D eigenvalue weighted by Crippen LogP contribution is 2.26. The van der Waals surface area contributed by atoms with Crippen molar-refractivity contribution < 1.29 is 23.7 Å². The van der Waals surface area contributed by atoms with Gasteiger partial charge in [-0.05, 0) is 25.1 Å². The molecule has 2 amide bonds. The summed E-state index contributed by atoms with van der Waals surface area (Å²) in [4.78, 5) is 34.0. The number of thiazole rings is 1. The number of benzene rings is 1. The smallest absolute Gasteiger partial charge is 0.276 e. The molecule has 1 aliphatic rings. The van der Waals surface area contributed by atoms with Crippen molar-refractivity contribution >= 4 is 57.7 Å². The third kappa shape index (κ3) is 5.44. The summed E-state index contributed by atoms with van der Waals surface area (Å²) in [5.41, 5.74) is 17.8. The molecular weight excluding hydrogens is 472 g/mol. The molecule has 1 fully saturated rings. The van der Waals surface area contributed by atoms with Gasteiger partial charge in [0.1, 0.15) is 42.2 Å². The Bertz CT molecular complexity index is 1090. The predicted molar refractivity (Wildman–Crippen MR) is 125 cm³/mol. The molecule has 0 bridgehead atoms. The average Bonchev–Trinajstić information content (AvgIpc) is 3.21. The van der Waals surface area contributed by atoms with Crippen LogP contribution in [0.4, 0.5) is 10.8 Å². The Labute approximate surface area is 196 Å². The van der Waals surface area contributed by atoms with Crippen molar-refractivity contribution in [1.29, 1.82) is 5.41 Å². The van der Waals surface area contributed by atoms with Gasteiger partial charge in [-0.2, -0.15) is 0 Å². The standard InChI is InChI=1S/C18H22N8O5S2/c1-8-13(17(28)26(8)33-29)24-16(27)14(11-7-32-18(22)23-11)25-31-5-4-30-12-3-2-9(15(20)21)6-10(12)19/h2-3,6-8,13,29H,4-5,19H2,1H3,(H3,20,21)(H2,22,23)(H,24,27). The number of nitrogen functional groups attached to an aromatic ring is 3. The molecule has 2 unspecified atom stereocenters. The van der Waals surface area contributed by atoms with Crippen LogP contribution < -0.4 is 27.3 Å². The first-order chi connectivity index (χ1) is 15.7. The number of nitrogens with zero attached hydrogens (tertiary/aromatic N) is 3. The van der Waals surface area contributed by atoms with Crippen LogP contribution in [-0.2, 0) is 14.4 Å². The van der Waals surface area contributed by atoms with Crippen LogP contribution in [-0.4, -0.2) is 62.5 Å². The van der Waals surface area contributed by atoms with Crippen molar-refractivity contribution in [2.24, 2.45) is 10.9 Å². The molecule has 3 rings (SSSR count). The van der Waals surface area contributed by atoms with Crippen molar-refractivity contribution in [1.82, 2.24) is 14.6 Å². The summed E-state index contributed by atoms with van der Waals surface area (Å²) >= 11 is 1.41. The van der Waals surface area contributed by atoms with Gasteiger partial charge in [0.25, 0.3) is 11.8 Å². The lowest BCUT2D eigenvalue weighted by Gasteiger charge is -2.42. The van der Waals surface area contributed by atoms with Crippen LogP contribution in [0.25, 0.3) is 0 Å². The number of aromatic nitrogens is 1. The summed E-state index contributed by atoms with van der Waals surface area (Å²) < 4.78 is 15.7. The van der Waals surface area contributed by atoms with E-state index in [0.29, 0.717) is 29.2 Å². The lowest BCUT2D eigenvalue weighted by Crippen LogP contribution is -2.67. The van der Waals surface area contributed by atoms with Gasteiger partial charge in [0, 0.05) is 10.9 Å². The SMILES string of the molecule is CC1C(NC(=O)C(=NOCCOc2ccc(C(=N)N)cc2N)c2csc(N)n2)C(=O)N1SO. The van der Waals surface area contributed by atoms with Gasteiger partial charge < -0.3 is 36.6 Å². The van der Waals surface area contributed by atoms with Gasteiger partial charge in [-0.1, -0.05) is 5.16 Å². The molecule has 0 spiro atoms. The molecule has 2 aromatic rings. The topological polar surface area (TPSA) is 215 Å². The van der Waals surface area contributed by atoms with Gasteiger partial charge in [0.15, 0.2) is 17.5 Å². The van der Waals surface area contributed by atoms with Gasteiger partial charge >= 0.3 is 0 Å². The van der Waals surface area contributed by atoms with Gasteiger partial charge in [0.2, 0.25) is 0 Å². The minimum absolute atomic E-state index is 0.0298. The molecule has 0 aliphatic carbocycles. The quantitative estimate of drug-likeness (QED) is 0.0386. The Morgan fingerprint density at radius 3 is 2.76 bits per heavy atom. The van der Waals surface area contributed by atoms with E-state index in [2.05, 4.69) is 15.5 Å². The number of ether oxygens (including phenoxy) is 1. The van der Waals surface area contributed by atoms with Crippen LogP contribution in [0.1, 0.15) is 18.2 Å². The van der Waals surface area contributed by atoms with Crippen LogP contribution in [0.3, 0.4) is 0 Å². The van der Waals surface area contributed by atoms with Crippen LogP contribution in [0.15, 0.2) is 28.7 Å². The molecule has 176 valence electrons. The van der Waals surface area contributed by atoms with Crippen molar-refractivity contribution in [3.8, 4) is 5.75 Å². The highest BCUT2D eigenvalue weighted by atomic mass is 32.2. The lowest BCUT2D eigenvalue weighted by atomic mass is 10.0. The second kappa shape index (κ2) is 10.4. The first kappa shape index (κ1) is 24.1. The number of nitrogens with one attached hydrogen (secondary N) is 2. The third-order valence-electron chi connectivity index (χ3n) is 4.60. The number of amidine groups is 1. The molecule has 33 heavy (non-hydrogen) atoms. The second-order valence-electron chi connectivity index (χ2n) is 6.80. The molecule has 2 heterocycles. The zero-order valence-electron chi connectivity index (χ0n) is 17.3. The molecule has 1 aromatic carbocycles. The number of β-lactam (4-membered cyclic amide) rings is 1. The summed E-state index contributed by atoms with van der Waals surface area (Å²) in [5.74, 6) is -0.858. The molecule has 1 aromatic heterocycles. The first-order valence-corrected chi connectivity index (χ1v) is 11.1. The Morgan fingerprint density at radius 2 is 2.18 bits per heavy atom. The number of hydrogen-bond donors (Lipinski definition) is 6. The van der Waals surface area contributed by atoms with E-state index >= 15 is 0 Å². The monoisotopic (exact) mass is 494 g/mol. The maximum Gasteiger partial charge on any atom is 0.276 e. The number of anilines is 2. The zero-order chi connectivity index (χ0) is 24.1. The highest BCUT2D eigenvalue weighted by Gasteiger charge is 2.46. The Balaban J connectivity index is 1.61. The predicted octanol–water partition coefficient (Wildman–Crippen LogP) is 0.228. The van der Waals surface area contributed by atoms with Crippen molar-refractivity contribution in [2.45, 2.75) is 19.0 Å². The van der Waals surface area contributed by atoms with E-state index in [0.717, 1.165) is 15.6 Å². The molecule has 1 aliphatic heterocycles. The van der Waals surface area contributed by atoms with Crippen molar-refractivity contribution in [3.63, 3.8) is 0 Å². The van der Waals surface area contributed by atoms with E-state index in [1.54, 1.807) is 19.1 Å². The van der Waals surface area contributed by atoms with Gasteiger partial charge in [-0.3, -0.25) is 19.3 Å². The molecule has 9 N–H and O–H groups in total. The molecular formula is C18H22N8O5S2. The van der Waals surface area contributed by atoms with E-state index in [1.165, 1.54) is 11.4 Å². The number of rotatable bonds is 10. The Morgan fingerprint density at radius 1 is 1.42 bits per heavy atom. The van der Waals surface area contributed by atoms with Gasteiger partial charge in [0.05, 0.1) is 11.7 Å². The second-order valence-corrected chi connectivity index (χ2v) is 8.24. The zero-order valence-corrected chi connectivity index (χ0v) is 19.0. The minimum atomic E-state index is -0.817. The Kier molecular flexibility index (Phi) is 7.57. The fourth-order valence-electron chi connectivity index (χ4n) is 2.85. The van der Waals surface area contributed by atoms with Crippen LogP contribution in [0.2, 0.25) is 0 Å². The summed E-state index contributed by atoms with van der Waals surface area (Å²) in [6.45, 7) is 1.70. The molecule has 13 nitrogen and oxygen atoms in total. The van der Waals surface area contributed by atoms with Gasteiger partial charge in [-0.15, -0.1) is 11.3 Å². The highest BCUT2D eigenvalue weighted by molar-refractivity contribution is 7.92. The van der Waals surface area contributed by atoms with Crippen LogP contribution >= 0.6 is 23.6 Å². The maximum atomic E-state index is 12.7. The fourth-order valence-corrected chi connectivity index (χ4v) is 3.86. The molecule has 1 saturated heterocycles. The average molecular weight is 495 g/mol. The number of amides is 2. The summed E-state index contributed by atoms with van der Waals surface area (Å²) in [6.07, 6.45) is 0. The summed E-state index contributed by atoms with van der Waals surface area (Å²) in [6, 6.07) is 3.47. The van der Waals surface area contributed by atoms with E-state index < -0.39 is 23.9 Å². The van der Waals surface area contributed by atoms with Crippen molar-refractivity contribution in [3.05, 3.63) is 34.8 Å². The number of oxime groups is 1. The van der Waals surface area contributed by atoms with Crippen LogP contribution in [0.5, 0.6) is 5.75 Å². The third-order valence-corrected chi connectivity index (χ3v) is 5.96. The molecule has 2 atom stereocenters. The fraction of sp³-hybridized carbons (Fsp3) is 0.278. The minimum Gasteiger partial charge on any atom is -0.488 e. The maximum absolute atomic E-state index is 12.7. The lowest BCUT2D eigenvalue weighted by molar-refractivity contribution is -0.143. The largest absolute Gasteiger partial charge is 0.488 e. The van der Waals surface area contributed by atoms with E-state index in [-0.39, 0.29) is 35.6 Å². The Hall–Kier alpha value is -3.56. The summed E-state index contributed by atoms with van der Waals surface area (Å²) in [7, 11) is 0. The number of nitrogens with two attached hydrogens (primary N) is 3. The normalized spacial score (nSPS) is 17.9. The number of carbonyl (C=O) groups is 2.